The van der Waals surface area contributed by atoms with E-state index in [-0.39, 0.29) is 0 Å². The quantitative estimate of drug-likeness (QED) is 0.866. The predicted octanol–water partition coefficient (Wildman–Crippen LogP) is 2.03. The number of anilines is 2. The molecule has 3 rings (SSSR count). The van der Waals surface area contributed by atoms with E-state index in [1.807, 2.05) is 24.3 Å². The third-order valence-corrected chi connectivity index (χ3v) is 2.74. The molecule has 2 aromatic rings. The highest BCUT2D eigenvalue weighted by atomic mass is 16.5. The van der Waals surface area contributed by atoms with Crippen molar-refractivity contribution in [3.63, 3.8) is 0 Å². The largest absolute Gasteiger partial charge is 0.493 e. The first-order chi connectivity index (χ1) is 8.85. The second-order valence-corrected chi connectivity index (χ2v) is 3.95. The standard InChI is InChI=1S/C13H10N4O/c14-7-11-6-13(16-8-15-11)17-10-1-2-12-9(5-10)3-4-18-12/h1-2,5-6,8H,3-4H2,(H,15,16,17). The SMILES string of the molecule is N#Cc1cc(Nc2ccc3c(c2)CCO3)ncn1. The molecule has 2 heterocycles. The number of hydrogen-bond donors (Lipinski definition) is 1. The van der Waals surface area contributed by atoms with Crippen LogP contribution >= 0.6 is 0 Å². The van der Waals surface area contributed by atoms with Gasteiger partial charge in [-0.3, -0.25) is 0 Å². The van der Waals surface area contributed by atoms with Crippen LogP contribution in [0.25, 0.3) is 0 Å². The van der Waals surface area contributed by atoms with Crippen molar-refractivity contribution in [1.29, 1.82) is 5.26 Å². The molecule has 0 unspecified atom stereocenters. The molecule has 18 heavy (non-hydrogen) atoms. The molecule has 0 saturated carbocycles. The van der Waals surface area contributed by atoms with Gasteiger partial charge in [-0.15, -0.1) is 0 Å². The Morgan fingerprint density at radius 2 is 2.22 bits per heavy atom. The van der Waals surface area contributed by atoms with Crippen molar-refractivity contribution in [2.75, 3.05) is 11.9 Å². The van der Waals surface area contributed by atoms with Crippen LogP contribution in [0.5, 0.6) is 5.75 Å². The zero-order valence-electron chi connectivity index (χ0n) is 9.55. The predicted molar refractivity (Wildman–Crippen MR) is 65.7 cm³/mol. The third-order valence-electron chi connectivity index (χ3n) is 2.74. The van der Waals surface area contributed by atoms with E-state index < -0.39 is 0 Å². The van der Waals surface area contributed by atoms with Gasteiger partial charge in [0.15, 0.2) is 0 Å². The van der Waals surface area contributed by atoms with Crippen LogP contribution in [0.1, 0.15) is 11.3 Å². The number of nitrogens with one attached hydrogen (secondary N) is 1. The minimum absolute atomic E-state index is 0.344. The molecule has 0 spiro atoms. The number of fused-ring (bicyclic) bond motifs is 1. The van der Waals surface area contributed by atoms with Gasteiger partial charge in [0.1, 0.15) is 29.7 Å². The Morgan fingerprint density at radius 3 is 3.11 bits per heavy atom. The number of nitrogens with zero attached hydrogens (tertiary/aromatic N) is 3. The Labute approximate surface area is 104 Å². The molecule has 1 aliphatic heterocycles. The summed E-state index contributed by atoms with van der Waals surface area (Å²) in [5.74, 6) is 1.56. The first kappa shape index (κ1) is 10.5. The van der Waals surface area contributed by atoms with E-state index in [1.165, 1.54) is 11.9 Å². The second-order valence-electron chi connectivity index (χ2n) is 3.95. The Balaban J connectivity index is 1.86. The van der Waals surface area contributed by atoms with Gasteiger partial charge < -0.3 is 10.1 Å². The van der Waals surface area contributed by atoms with E-state index in [2.05, 4.69) is 15.3 Å². The number of aromatic nitrogens is 2. The molecular formula is C13H10N4O. The van der Waals surface area contributed by atoms with Crippen LogP contribution in [0.2, 0.25) is 0 Å². The average molecular weight is 238 g/mol. The molecule has 5 nitrogen and oxygen atoms in total. The number of hydrogen-bond acceptors (Lipinski definition) is 5. The maximum Gasteiger partial charge on any atom is 0.145 e. The molecule has 5 heteroatoms. The molecular weight excluding hydrogens is 228 g/mol. The van der Waals surface area contributed by atoms with Crippen molar-refractivity contribution < 1.29 is 4.74 Å². The molecule has 0 aliphatic carbocycles. The van der Waals surface area contributed by atoms with Crippen LogP contribution in [0.4, 0.5) is 11.5 Å². The molecule has 0 amide bonds. The van der Waals surface area contributed by atoms with Crippen molar-refractivity contribution in [2.45, 2.75) is 6.42 Å². The van der Waals surface area contributed by atoms with E-state index in [1.54, 1.807) is 6.07 Å². The topological polar surface area (TPSA) is 70.8 Å². The van der Waals surface area contributed by atoms with Gasteiger partial charge in [0.2, 0.25) is 0 Å². The highest BCUT2D eigenvalue weighted by Gasteiger charge is 2.12. The number of benzene rings is 1. The molecule has 0 saturated heterocycles. The lowest BCUT2D eigenvalue weighted by atomic mass is 10.1. The summed E-state index contributed by atoms with van der Waals surface area (Å²) in [6.45, 7) is 0.741. The number of rotatable bonds is 2. The van der Waals surface area contributed by atoms with Gasteiger partial charge in [-0.05, 0) is 23.8 Å². The minimum Gasteiger partial charge on any atom is -0.493 e. The molecule has 0 fully saturated rings. The van der Waals surface area contributed by atoms with E-state index in [0.717, 1.165) is 24.5 Å². The molecule has 88 valence electrons. The summed E-state index contributed by atoms with van der Waals surface area (Å²) in [6.07, 6.45) is 2.30. The average Bonchev–Trinajstić information content (AvgIpc) is 2.86. The zero-order valence-corrected chi connectivity index (χ0v) is 9.55. The van der Waals surface area contributed by atoms with Crippen LogP contribution in [0.15, 0.2) is 30.6 Å². The molecule has 1 N–H and O–H groups in total. The lowest BCUT2D eigenvalue weighted by Crippen LogP contribution is -1.96. The van der Waals surface area contributed by atoms with Gasteiger partial charge in [-0.1, -0.05) is 0 Å². The Kier molecular flexibility index (Phi) is 2.54. The smallest absolute Gasteiger partial charge is 0.145 e. The lowest BCUT2D eigenvalue weighted by Gasteiger charge is -2.06. The van der Waals surface area contributed by atoms with Gasteiger partial charge in [0.05, 0.1) is 6.61 Å². The first-order valence-electron chi connectivity index (χ1n) is 5.60. The summed E-state index contributed by atoms with van der Waals surface area (Å²) in [5, 5.41) is 11.9. The van der Waals surface area contributed by atoms with Crippen LogP contribution in [0, 0.1) is 11.3 Å². The monoisotopic (exact) mass is 238 g/mol. The van der Waals surface area contributed by atoms with Crippen LogP contribution in [-0.2, 0) is 6.42 Å². The van der Waals surface area contributed by atoms with Crippen molar-refractivity contribution in [1.82, 2.24) is 9.97 Å². The molecule has 1 aliphatic rings. The van der Waals surface area contributed by atoms with Gasteiger partial charge in [-0.25, -0.2) is 9.97 Å². The fraction of sp³-hybridized carbons (Fsp3) is 0.154. The fourth-order valence-corrected chi connectivity index (χ4v) is 1.90. The molecule has 0 radical (unpaired) electrons. The van der Waals surface area contributed by atoms with Gasteiger partial charge in [0.25, 0.3) is 0 Å². The van der Waals surface area contributed by atoms with Crippen LogP contribution in [0.3, 0.4) is 0 Å². The van der Waals surface area contributed by atoms with Crippen molar-refractivity contribution in [3.05, 3.63) is 41.9 Å². The van der Waals surface area contributed by atoms with E-state index in [4.69, 9.17) is 10.00 Å². The third kappa shape index (κ3) is 1.96. The molecule has 1 aromatic carbocycles. The second kappa shape index (κ2) is 4.34. The molecule has 0 bridgehead atoms. The zero-order chi connectivity index (χ0) is 12.4. The minimum atomic E-state index is 0.344. The number of nitriles is 1. The summed E-state index contributed by atoms with van der Waals surface area (Å²) in [4.78, 5) is 7.90. The Bertz CT molecular complexity index is 633. The van der Waals surface area contributed by atoms with Crippen molar-refractivity contribution in [2.24, 2.45) is 0 Å². The summed E-state index contributed by atoms with van der Waals surface area (Å²) in [7, 11) is 0. The van der Waals surface area contributed by atoms with Crippen molar-refractivity contribution >= 4 is 11.5 Å². The fourth-order valence-electron chi connectivity index (χ4n) is 1.90. The van der Waals surface area contributed by atoms with Gasteiger partial charge >= 0.3 is 0 Å². The van der Waals surface area contributed by atoms with Crippen molar-refractivity contribution in [3.8, 4) is 11.8 Å². The summed E-state index contributed by atoms with van der Waals surface area (Å²) < 4.78 is 5.44. The van der Waals surface area contributed by atoms with Gasteiger partial charge in [0, 0.05) is 18.2 Å². The maximum atomic E-state index is 8.77. The number of ether oxygens (including phenoxy) is 1. The maximum absolute atomic E-state index is 8.77. The molecule has 0 atom stereocenters. The normalized spacial score (nSPS) is 12.4. The first-order valence-corrected chi connectivity index (χ1v) is 5.60. The van der Waals surface area contributed by atoms with Gasteiger partial charge in [-0.2, -0.15) is 5.26 Å². The highest BCUT2D eigenvalue weighted by Crippen LogP contribution is 2.28. The van der Waals surface area contributed by atoms with E-state index >= 15 is 0 Å². The summed E-state index contributed by atoms with van der Waals surface area (Å²) >= 11 is 0. The Morgan fingerprint density at radius 1 is 1.28 bits per heavy atom. The summed E-state index contributed by atoms with van der Waals surface area (Å²) in [6, 6.07) is 9.51. The lowest BCUT2D eigenvalue weighted by molar-refractivity contribution is 0.357. The van der Waals surface area contributed by atoms with Crippen LogP contribution < -0.4 is 10.1 Å². The Hall–Kier alpha value is -2.61. The van der Waals surface area contributed by atoms with E-state index in [9.17, 15) is 0 Å². The summed E-state index contributed by atoms with van der Waals surface area (Å²) in [5.41, 5.74) is 2.47. The van der Waals surface area contributed by atoms with E-state index in [0.29, 0.717) is 11.5 Å². The van der Waals surface area contributed by atoms with Crippen LogP contribution in [-0.4, -0.2) is 16.6 Å². The highest BCUT2D eigenvalue weighted by molar-refractivity contribution is 5.60. The molecule has 1 aromatic heterocycles.